The molecule has 0 saturated carbocycles. The second-order valence-electron chi connectivity index (χ2n) is 5.23. The van der Waals surface area contributed by atoms with Gasteiger partial charge >= 0.3 is 0 Å². The largest absolute Gasteiger partial charge is 0.395 e. The van der Waals surface area contributed by atoms with Crippen molar-refractivity contribution < 1.29 is 5.11 Å². The molecule has 0 aromatic carbocycles. The number of nitrogens with zero attached hydrogens (tertiary/aromatic N) is 1. The van der Waals surface area contributed by atoms with Crippen LogP contribution >= 0.6 is 0 Å². The number of aliphatic hydroxyl groups is 1. The Morgan fingerprint density at radius 1 is 1.38 bits per heavy atom. The lowest BCUT2D eigenvalue weighted by Crippen LogP contribution is -2.49. The van der Waals surface area contributed by atoms with E-state index in [-0.39, 0.29) is 18.7 Å². The Morgan fingerprint density at radius 3 is 2.69 bits per heavy atom. The topological polar surface area (TPSA) is 49.5 Å². The summed E-state index contributed by atoms with van der Waals surface area (Å²) in [7, 11) is 0. The molecule has 3 nitrogen and oxygen atoms in total. The van der Waals surface area contributed by atoms with E-state index in [9.17, 15) is 5.11 Å². The zero-order valence-electron chi connectivity index (χ0n) is 10.9. The first-order valence-electron chi connectivity index (χ1n) is 6.79. The smallest absolute Gasteiger partial charge is 0.0601 e. The molecule has 1 rings (SSSR count). The van der Waals surface area contributed by atoms with Crippen molar-refractivity contribution >= 4 is 0 Å². The molecule has 3 heteroatoms. The summed E-state index contributed by atoms with van der Waals surface area (Å²) in [6.45, 7) is 6.66. The third kappa shape index (κ3) is 4.04. The van der Waals surface area contributed by atoms with Crippen LogP contribution in [-0.2, 0) is 0 Å². The van der Waals surface area contributed by atoms with Crippen molar-refractivity contribution in [2.75, 3.05) is 19.7 Å². The molecule has 0 aromatic rings. The first-order chi connectivity index (χ1) is 7.69. The van der Waals surface area contributed by atoms with Crippen molar-refractivity contribution in [3.8, 4) is 0 Å². The maximum atomic E-state index is 9.39. The van der Waals surface area contributed by atoms with Crippen LogP contribution in [0.3, 0.4) is 0 Å². The van der Waals surface area contributed by atoms with E-state index in [4.69, 9.17) is 5.73 Å². The van der Waals surface area contributed by atoms with Crippen LogP contribution in [0, 0.1) is 5.92 Å². The molecule has 1 fully saturated rings. The minimum absolute atomic E-state index is 0.0627. The van der Waals surface area contributed by atoms with Gasteiger partial charge in [-0.2, -0.15) is 0 Å². The van der Waals surface area contributed by atoms with Crippen LogP contribution in [0.15, 0.2) is 0 Å². The fourth-order valence-corrected chi connectivity index (χ4v) is 2.83. The Bertz CT molecular complexity index is 185. The summed E-state index contributed by atoms with van der Waals surface area (Å²) >= 11 is 0. The molecular formula is C13H28N2O. The van der Waals surface area contributed by atoms with Crippen LogP contribution in [-0.4, -0.2) is 41.8 Å². The van der Waals surface area contributed by atoms with Crippen molar-refractivity contribution in [3.63, 3.8) is 0 Å². The van der Waals surface area contributed by atoms with E-state index in [0.717, 1.165) is 19.0 Å². The summed E-state index contributed by atoms with van der Waals surface area (Å²) in [6.07, 6.45) is 6.53. The molecule has 16 heavy (non-hydrogen) atoms. The van der Waals surface area contributed by atoms with E-state index in [1.54, 1.807) is 0 Å². The normalized spacial score (nSPS) is 27.4. The summed E-state index contributed by atoms with van der Waals surface area (Å²) < 4.78 is 0. The lowest BCUT2D eigenvalue weighted by atomic mass is 9.96. The van der Waals surface area contributed by atoms with Gasteiger partial charge in [0.15, 0.2) is 0 Å². The molecule has 0 aromatic heterocycles. The van der Waals surface area contributed by atoms with E-state index in [2.05, 4.69) is 11.8 Å². The van der Waals surface area contributed by atoms with Gasteiger partial charge in [-0.05, 0) is 45.2 Å². The Balaban J connectivity index is 2.45. The van der Waals surface area contributed by atoms with Crippen LogP contribution in [0.5, 0.6) is 0 Å². The SMILES string of the molecule is CCCC1CCCN(C(CO)C(C)N)CC1. The molecule has 0 spiro atoms. The van der Waals surface area contributed by atoms with E-state index in [1.807, 2.05) is 6.92 Å². The minimum Gasteiger partial charge on any atom is -0.395 e. The predicted molar refractivity (Wildman–Crippen MR) is 68.3 cm³/mol. The van der Waals surface area contributed by atoms with Gasteiger partial charge < -0.3 is 10.8 Å². The first kappa shape index (κ1) is 13.9. The standard InChI is InChI=1S/C13H28N2O/c1-3-5-12-6-4-8-15(9-7-12)13(10-16)11(2)14/h11-13,16H,3-10,14H2,1-2H3. The Kier molecular flexibility index (Phi) is 6.32. The average Bonchev–Trinajstić information content (AvgIpc) is 2.46. The number of rotatable bonds is 5. The average molecular weight is 228 g/mol. The second-order valence-corrected chi connectivity index (χ2v) is 5.23. The lowest BCUT2D eigenvalue weighted by molar-refractivity contribution is 0.110. The number of hydrogen-bond acceptors (Lipinski definition) is 3. The molecule has 1 aliphatic heterocycles. The number of nitrogens with two attached hydrogens (primary N) is 1. The van der Waals surface area contributed by atoms with E-state index >= 15 is 0 Å². The lowest BCUT2D eigenvalue weighted by Gasteiger charge is -2.31. The zero-order valence-corrected chi connectivity index (χ0v) is 10.9. The minimum atomic E-state index is 0.0627. The molecule has 0 radical (unpaired) electrons. The molecule has 0 aliphatic carbocycles. The summed E-state index contributed by atoms with van der Waals surface area (Å²) in [5.41, 5.74) is 5.92. The van der Waals surface area contributed by atoms with Gasteiger partial charge in [0.05, 0.1) is 6.61 Å². The van der Waals surface area contributed by atoms with Crippen LogP contribution in [0.2, 0.25) is 0 Å². The van der Waals surface area contributed by atoms with Crippen LogP contribution < -0.4 is 5.73 Å². The monoisotopic (exact) mass is 228 g/mol. The highest BCUT2D eigenvalue weighted by Gasteiger charge is 2.24. The highest BCUT2D eigenvalue weighted by atomic mass is 16.3. The molecular weight excluding hydrogens is 200 g/mol. The van der Waals surface area contributed by atoms with Gasteiger partial charge in [-0.3, -0.25) is 4.90 Å². The van der Waals surface area contributed by atoms with Gasteiger partial charge in [-0.25, -0.2) is 0 Å². The van der Waals surface area contributed by atoms with Gasteiger partial charge in [-0.1, -0.05) is 19.8 Å². The number of likely N-dealkylation sites (tertiary alicyclic amines) is 1. The van der Waals surface area contributed by atoms with Crippen LogP contribution in [0.4, 0.5) is 0 Å². The van der Waals surface area contributed by atoms with E-state index in [0.29, 0.717) is 0 Å². The molecule has 1 aliphatic rings. The fourth-order valence-electron chi connectivity index (χ4n) is 2.83. The van der Waals surface area contributed by atoms with Crippen molar-refractivity contribution in [2.45, 2.75) is 58.0 Å². The van der Waals surface area contributed by atoms with Crippen molar-refractivity contribution in [1.29, 1.82) is 0 Å². The third-order valence-corrected chi connectivity index (χ3v) is 3.84. The molecule has 1 saturated heterocycles. The van der Waals surface area contributed by atoms with Gasteiger partial charge in [0.1, 0.15) is 0 Å². The molecule has 3 N–H and O–H groups in total. The first-order valence-corrected chi connectivity index (χ1v) is 6.79. The summed E-state index contributed by atoms with van der Waals surface area (Å²) in [5.74, 6) is 0.891. The Morgan fingerprint density at radius 2 is 2.12 bits per heavy atom. The molecule has 0 amide bonds. The zero-order chi connectivity index (χ0) is 12.0. The number of aliphatic hydroxyl groups excluding tert-OH is 1. The molecule has 3 unspecified atom stereocenters. The molecule has 3 atom stereocenters. The highest BCUT2D eigenvalue weighted by molar-refractivity contribution is 4.81. The highest BCUT2D eigenvalue weighted by Crippen LogP contribution is 2.23. The van der Waals surface area contributed by atoms with E-state index in [1.165, 1.54) is 32.1 Å². The quantitative estimate of drug-likeness (QED) is 0.751. The van der Waals surface area contributed by atoms with E-state index < -0.39 is 0 Å². The Hall–Kier alpha value is -0.120. The molecule has 1 heterocycles. The maximum Gasteiger partial charge on any atom is 0.0601 e. The van der Waals surface area contributed by atoms with Gasteiger partial charge in [0, 0.05) is 12.1 Å². The summed E-state index contributed by atoms with van der Waals surface area (Å²) in [4.78, 5) is 2.39. The van der Waals surface area contributed by atoms with Gasteiger partial charge in [-0.15, -0.1) is 0 Å². The molecule has 96 valence electrons. The Labute approximate surface area is 100 Å². The van der Waals surface area contributed by atoms with Crippen molar-refractivity contribution in [2.24, 2.45) is 11.7 Å². The van der Waals surface area contributed by atoms with Crippen molar-refractivity contribution in [1.82, 2.24) is 4.90 Å². The van der Waals surface area contributed by atoms with Gasteiger partial charge in [0.25, 0.3) is 0 Å². The fraction of sp³-hybridized carbons (Fsp3) is 1.00. The maximum absolute atomic E-state index is 9.39. The van der Waals surface area contributed by atoms with Crippen LogP contribution in [0.25, 0.3) is 0 Å². The second kappa shape index (κ2) is 7.25. The molecule has 0 bridgehead atoms. The van der Waals surface area contributed by atoms with Crippen LogP contribution in [0.1, 0.15) is 46.0 Å². The predicted octanol–water partition coefficient (Wildman–Crippen LogP) is 1.60. The third-order valence-electron chi connectivity index (χ3n) is 3.84. The summed E-state index contributed by atoms with van der Waals surface area (Å²) in [6, 6.07) is 0.216. The van der Waals surface area contributed by atoms with Crippen molar-refractivity contribution in [3.05, 3.63) is 0 Å². The number of hydrogen-bond donors (Lipinski definition) is 2. The van der Waals surface area contributed by atoms with Gasteiger partial charge in [0.2, 0.25) is 0 Å². The summed E-state index contributed by atoms with van der Waals surface area (Å²) in [5, 5.41) is 9.39.